The van der Waals surface area contributed by atoms with Crippen molar-refractivity contribution in [2.75, 3.05) is 20.3 Å². The summed E-state index contributed by atoms with van der Waals surface area (Å²) in [6.45, 7) is 3.24. The van der Waals surface area contributed by atoms with E-state index in [2.05, 4.69) is 17.2 Å². The number of rotatable bonds is 10. The van der Waals surface area contributed by atoms with Gasteiger partial charge >= 0.3 is 0 Å². The van der Waals surface area contributed by atoms with Gasteiger partial charge in [0.15, 0.2) is 11.5 Å². The van der Waals surface area contributed by atoms with Gasteiger partial charge in [0.25, 0.3) is 5.91 Å². The third-order valence-corrected chi connectivity index (χ3v) is 5.15. The SMILES string of the molecule is CCCCCOc1c(OC)ccc2cc(C(=O)NCCc3ccccc3)c(Cl)nc12. The van der Waals surface area contributed by atoms with E-state index in [1.807, 2.05) is 42.5 Å². The molecule has 158 valence electrons. The molecular weight excluding hydrogens is 400 g/mol. The highest BCUT2D eigenvalue weighted by Gasteiger charge is 2.17. The first-order valence-electron chi connectivity index (χ1n) is 10.3. The molecule has 1 heterocycles. The van der Waals surface area contributed by atoms with Crippen LogP contribution in [0.15, 0.2) is 48.5 Å². The first-order chi connectivity index (χ1) is 14.6. The van der Waals surface area contributed by atoms with Crippen LogP contribution in [0, 0.1) is 0 Å². The van der Waals surface area contributed by atoms with E-state index in [4.69, 9.17) is 21.1 Å². The molecule has 0 saturated carbocycles. The molecule has 0 spiro atoms. The fourth-order valence-corrected chi connectivity index (χ4v) is 3.44. The molecule has 1 amide bonds. The summed E-state index contributed by atoms with van der Waals surface area (Å²) in [5.74, 6) is 0.915. The highest BCUT2D eigenvalue weighted by molar-refractivity contribution is 6.33. The van der Waals surface area contributed by atoms with E-state index in [0.29, 0.717) is 35.7 Å². The van der Waals surface area contributed by atoms with Crippen LogP contribution in [0.5, 0.6) is 11.5 Å². The average Bonchev–Trinajstić information content (AvgIpc) is 2.77. The van der Waals surface area contributed by atoms with Crippen LogP contribution in [-0.4, -0.2) is 31.2 Å². The van der Waals surface area contributed by atoms with Gasteiger partial charge in [0.2, 0.25) is 0 Å². The molecule has 0 atom stereocenters. The third-order valence-electron chi connectivity index (χ3n) is 4.86. The molecule has 1 aromatic heterocycles. The number of pyridine rings is 1. The number of halogens is 1. The van der Waals surface area contributed by atoms with Crippen molar-refractivity contribution in [3.63, 3.8) is 0 Å². The summed E-state index contributed by atoms with van der Waals surface area (Å²) in [6.07, 6.45) is 3.90. The molecule has 3 rings (SSSR count). The largest absolute Gasteiger partial charge is 0.493 e. The molecule has 0 aliphatic heterocycles. The van der Waals surface area contributed by atoms with Crippen LogP contribution >= 0.6 is 11.6 Å². The molecular formula is C24H27ClN2O3. The monoisotopic (exact) mass is 426 g/mol. The van der Waals surface area contributed by atoms with Gasteiger partial charge in [-0.05, 0) is 36.6 Å². The number of amides is 1. The molecule has 3 aromatic rings. The molecule has 0 saturated heterocycles. The normalized spacial score (nSPS) is 10.8. The lowest BCUT2D eigenvalue weighted by Gasteiger charge is -2.14. The van der Waals surface area contributed by atoms with Crippen LogP contribution in [0.3, 0.4) is 0 Å². The van der Waals surface area contributed by atoms with Gasteiger partial charge in [-0.2, -0.15) is 0 Å². The maximum Gasteiger partial charge on any atom is 0.254 e. The summed E-state index contributed by atoms with van der Waals surface area (Å²) in [7, 11) is 1.59. The average molecular weight is 427 g/mol. The zero-order valence-corrected chi connectivity index (χ0v) is 18.2. The van der Waals surface area contributed by atoms with E-state index < -0.39 is 0 Å². The van der Waals surface area contributed by atoms with E-state index in [-0.39, 0.29) is 11.1 Å². The maximum absolute atomic E-state index is 12.7. The number of fused-ring (bicyclic) bond motifs is 1. The van der Waals surface area contributed by atoms with Crippen molar-refractivity contribution in [1.82, 2.24) is 10.3 Å². The number of unbranched alkanes of at least 4 members (excludes halogenated alkanes) is 2. The molecule has 1 N–H and O–H groups in total. The first-order valence-corrected chi connectivity index (χ1v) is 10.6. The Balaban J connectivity index is 1.77. The summed E-state index contributed by atoms with van der Waals surface area (Å²) < 4.78 is 11.4. The van der Waals surface area contributed by atoms with Crippen LogP contribution in [0.4, 0.5) is 0 Å². The van der Waals surface area contributed by atoms with E-state index >= 15 is 0 Å². The zero-order valence-electron chi connectivity index (χ0n) is 17.4. The Morgan fingerprint density at radius 3 is 2.67 bits per heavy atom. The quantitative estimate of drug-likeness (QED) is 0.346. The molecule has 0 unspecified atom stereocenters. The smallest absolute Gasteiger partial charge is 0.254 e. The lowest BCUT2D eigenvalue weighted by molar-refractivity contribution is 0.0954. The van der Waals surface area contributed by atoms with Crippen LogP contribution in [-0.2, 0) is 6.42 Å². The molecule has 30 heavy (non-hydrogen) atoms. The van der Waals surface area contributed by atoms with E-state index in [1.54, 1.807) is 13.2 Å². The second-order valence-corrected chi connectivity index (χ2v) is 7.40. The Morgan fingerprint density at radius 1 is 1.13 bits per heavy atom. The van der Waals surface area contributed by atoms with Crippen molar-refractivity contribution in [3.8, 4) is 11.5 Å². The number of methoxy groups -OCH3 is 1. The molecule has 0 radical (unpaired) electrons. The van der Waals surface area contributed by atoms with Crippen molar-refractivity contribution < 1.29 is 14.3 Å². The summed E-state index contributed by atoms with van der Waals surface area (Å²) in [5.41, 5.74) is 2.11. The van der Waals surface area contributed by atoms with Crippen LogP contribution in [0.2, 0.25) is 5.15 Å². The van der Waals surface area contributed by atoms with Crippen molar-refractivity contribution in [2.24, 2.45) is 0 Å². The predicted molar refractivity (Wildman–Crippen MR) is 121 cm³/mol. The van der Waals surface area contributed by atoms with Crippen molar-refractivity contribution >= 4 is 28.4 Å². The number of benzene rings is 2. The lowest BCUT2D eigenvalue weighted by Crippen LogP contribution is -2.26. The van der Waals surface area contributed by atoms with Gasteiger partial charge < -0.3 is 14.8 Å². The number of ether oxygens (including phenoxy) is 2. The minimum absolute atomic E-state index is 0.145. The number of hydrogen-bond donors (Lipinski definition) is 1. The summed E-state index contributed by atoms with van der Waals surface area (Å²) in [5, 5.41) is 3.84. The fraction of sp³-hybridized carbons (Fsp3) is 0.333. The second kappa shape index (κ2) is 10.8. The number of aromatic nitrogens is 1. The molecule has 6 heteroatoms. The molecule has 5 nitrogen and oxygen atoms in total. The number of hydrogen-bond acceptors (Lipinski definition) is 4. The Hall–Kier alpha value is -2.79. The maximum atomic E-state index is 12.7. The highest BCUT2D eigenvalue weighted by Crippen LogP contribution is 2.36. The summed E-state index contributed by atoms with van der Waals surface area (Å²) in [6, 6.07) is 15.4. The van der Waals surface area contributed by atoms with Gasteiger partial charge in [-0.25, -0.2) is 4.98 Å². The Morgan fingerprint density at radius 2 is 1.93 bits per heavy atom. The lowest BCUT2D eigenvalue weighted by atomic mass is 10.1. The molecule has 0 bridgehead atoms. The number of carbonyl (C=O) groups is 1. The first kappa shape index (κ1) is 21.9. The van der Waals surface area contributed by atoms with E-state index in [9.17, 15) is 4.79 Å². The summed E-state index contributed by atoms with van der Waals surface area (Å²) >= 11 is 6.38. The topological polar surface area (TPSA) is 60.5 Å². The van der Waals surface area contributed by atoms with Crippen LogP contribution in [0.1, 0.15) is 42.1 Å². The van der Waals surface area contributed by atoms with E-state index in [1.165, 1.54) is 0 Å². The Labute approximate surface area is 182 Å². The molecule has 0 aliphatic carbocycles. The highest BCUT2D eigenvalue weighted by atomic mass is 35.5. The number of nitrogens with one attached hydrogen (secondary N) is 1. The van der Waals surface area contributed by atoms with Gasteiger partial charge in [0.1, 0.15) is 10.7 Å². The van der Waals surface area contributed by atoms with Crippen molar-refractivity contribution in [1.29, 1.82) is 0 Å². The van der Waals surface area contributed by atoms with E-state index in [0.717, 1.165) is 36.6 Å². The van der Waals surface area contributed by atoms with Crippen molar-refractivity contribution in [2.45, 2.75) is 32.6 Å². The summed E-state index contributed by atoms with van der Waals surface area (Å²) in [4.78, 5) is 17.1. The fourth-order valence-electron chi connectivity index (χ4n) is 3.22. The van der Waals surface area contributed by atoms with Gasteiger partial charge in [-0.3, -0.25) is 4.79 Å². The minimum Gasteiger partial charge on any atom is -0.493 e. The molecule has 0 aliphatic rings. The second-order valence-electron chi connectivity index (χ2n) is 7.04. The minimum atomic E-state index is -0.244. The zero-order chi connectivity index (χ0) is 21.3. The number of nitrogens with zero attached hydrogens (tertiary/aromatic N) is 1. The Kier molecular flexibility index (Phi) is 7.91. The van der Waals surface area contributed by atoms with Gasteiger partial charge in [-0.15, -0.1) is 0 Å². The standard InChI is InChI=1S/C24H27ClN2O3/c1-3-4-8-15-30-22-20(29-2)12-11-18-16-19(23(25)27-21(18)22)24(28)26-14-13-17-9-6-5-7-10-17/h5-7,9-12,16H,3-4,8,13-15H2,1-2H3,(H,26,28). The van der Waals surface area contributed by atoms with Crippen LogP contribution in [0.25, 0.3) is 10.9 Å². The van der Waals surface area contributed by atoms with Crippen molar-refractivity contribution in [3.05, 3.63) is 64.8 Å². The predicted octanol–water partition coefficient (Wildman–Crippen LogP) is 5.44. The van der Waals surface area contributed by atoms with Gasteiger partial charge in [-0.1, -0.05) is 61.7 Å². The number of carbonyl (C=O) groups excluding carboxylic acids is 1. The third kappa shape index (κ3) is 5.42. The Bertz CT molecular complexity index is 993. The molecule has 2 aromatic carbocycles. The molecule has 0 fully saturated rings. The van der Waals surface area contributed by atoms with Gasteiger partial charge in [0, 0.05) is 11.9 Å². The van der Waals surface area contributed by atoms with Gasteiger partial charge in [0.05, 0.1) is 19.3 Å². The van der Waals surface area contributed by atoms with Crippen LogP contribution < -0.4 is 14.8 Å².